The molecule has 0 saturated carbocycles. The van der Waals surface area contributed by atoms with Gasteiger partial charge in [0.2, 0.25) is 0 Å². The molecule has 0 spiro atoms. The van der Waals surface area contributed by atoms with E-state index in [1.54, 1.807) is 16.9 Å². The Morgan fingerprint density at radius 1 is 1.04 bits per heavy atom. The molecule has 1 N–H and O–H groups in total. The molecule has 0 aliphatic heterocycles. The Morgan fingerprint density at radius 3 is 2.58 bits per heavy atom. The standard InChI is InChI=1S/C20H15FN4O/c21-17-6-8-18(9-7-17)24-20(26)16-10-15-12-23-25(19(15)22-11-16)13-14-4-2-1-3-5-14/h1-12H,13H2,(H,24,26). The molecule has 1 amide bonds. The highest BCUT2D eigenvalue weighted by molar-refractivity contribution is 6.05. The monoisotopic (exact) mass is 346 g/mol. The Hall–Kier alpha value is -3.54. The number of fused-ring (bicyclic) bond motifs is 1. The number of nitrogens with zero attached hydrogens (tertiary/aromatic N) is 3. The molecule has 0 atom stereocenters. The van der Waals surface area contributed by atoms with E-state index in [-0.39, 0.29) is 11.7 Å². The summed E-state index contributed by atoms with van der Waals surface area (Å²) in [5, 5.41) is 7.87. The molecule has 2 aromatic heterocycles. The third kappa shape index (κ3) is 3.30. The van der Waals surface area contributed by atoms with Crippen LogP contribution < -0.4 is 5.32 Å². The van der Waals surface area contributed by atoms with Crippen LogP contribution in [0.4, 0.5) is 10.1 Å². The molecule has 4 rings (SSSR count). The molecule has 0 bridgehead atoms. The van der Waals surface area contributed by atoms with Crippen molar-refractivity contribution in [2.75, 3.05) is 5.32 Å². The quantitative estimate of drug-likeness (QED) is 0.610. The number of aromatic nitrogens is 3. The summed E-state index contributed by atoms with van der Waals surface area (Å²) >= 11 is 0. The van der Waals surface area contributed by atoms with Crippen molar-refractivity contribution in [2.45, 2.75) is 6.54 Å². The Kier molecular flexibility index (Phi) is 4.15. The molecule has 0 fully saturated rings. The maximum atomic E-state index is 12.9. The number of carbonyl (C=O) groups excluding carboxylic acids is 1. The van der Waals surface area contributed by atoms with E-state index in [4.69, 9.17) is 0 Å². The minimum Gasteiger partial charge on any atom is -0.322 e. The molecule has 5 nitrogen and oxygen atoms in total. The number of benzene rings is 2. The second-order valence-electron chi connectivity index (χ2n) is 5.89. The average Bonchev–Trinajstić information content (AvgIpc) is 3.06. The van der Waals surface area contributed by atoms with Gasteiger partial charge in [0.1, 0.15) is 5.82 Å². The second kappa shape index (κ2) is 6.76. The Morgan fingerprint density at radius 2 is 1.81 bits per heavy atom. The van der Waals surface area contributed by atoms with Gasteiger partial charge in [0, 0.05) is 17.3 Å². The van der Waals surface area contributed by atoms with E-state index in [1.807, 2.05) is 30.3 Å². The minimum atomic E-state index is -0.350. The van der Waals surface area contributed by atoms with Gasteiger partial charge in [-0.25, -0.2) is 14.1 Å². The van der Waals surface area contributed by atoms with Crippen LogP contribution in [0, 0.1) is 5.82 Å². The van der Waals surface area contributed by atoms with Crippen LogP contribution in [0.5, 0.6) is 0 Å². The SMILES string of the molecule is O=C(Nc1ccc(F)cc1)c1cnc2c(cnn2Cc2ccccc2)c1. The topological polar surface area (TPSA) is 59.8 Å². The highest BCUT2D eigenvalue weighted by Crippen LogP contribution is 2.16. The maximum absolute atomic E-state index is 12.9. The van der Waals surface area contributed by atoms with Crippen LogP contribution >= 0.6 is 0 Å². The maximum Gasteiger partial charge on any atom is 0.257 e. The lowest BCUT2D eigenvalue weighted by Gasteiger charge is -2.06. The van der Waals surface area contributed by atoms with Crippen molar-refractivity contribution in [1.29, 1.82) is 0 Å². The minimum absolute atomic E-state index is 0.304. The molecule has 2 aromatic carbocycles. The van der Waals surface area contributed by atoms with Gasteiger partial charge in [-0.3, -0.25) is 4.79 Å². The lowest BCUT2D eigenvalue weighted by molar-refractivity contribution is 0.102. The number of rotatable bonds is 4. The van der Waals surface area contributed by atoms with E-state index in [1.165, 1.54) is 30.5 Å². The number of nitrogens with one attached hydrogen (secondary N) is 1. The number of hydrogen-bond acceptors (Lipinski definition) is 3. The van der Waals surface area contributed by atoms with E-state index in [0.717, 1.165) is 10.9 Å². The normalized spacial score (nSPS) is 10.8. The zero-order valence-corrected chi connectivity index (χ0v) is 13.8. The van der Waals surface area contributed by atoms with E-state index < -0.39 is 0 Å². The molecule has 0 saturated heterocycles. The van der Waals surface area contributed by atoms with Crippen molar-refractivity contribution in [3.8, 4) is 0 Å². The zero-order chi connectivity index (χ0) is 17.9. The van der Waals surface area contributed by atoms with Crippen LogP contribution in [0.2, 0.25) is 0 Å². The molecule has 128 valence electrons. The van der Waals surface area contributed by atoms with E-state index >= 15 is 0 Å². The molecule has 0 aliphatic carbocycles. The van der Waals surface area contributed by atoms with Gasteiger partial charge in [0.15, 0.2) is 5.65 Å². The highest BCUT2D eigenvalue weighted by Gasteiger charge is 2.11. The van der Waals surface area contributed by atoms with Crippen molar-refractivity contribution in [1.82, 2.24) is 14.8 Å². The van der Waals surface area contributed by atoms with E-state index in [0.29, 0.717) is 23.4 Å². The van der Waals surface area contributed by atoms with Crippen molar-refractivity contribution < 1.29 is 9.18 Å². The summed E-state index contributed by atoms with van der Waals surface area (Å²) in [4.78, 5) is 16.8. The Balaban J connectivity index is 1.56. The molecule has 4 aromatic rings. The van der Waals surface area contributed by atoms with Crippen LogP contribution in [-0.4, -0.2) is 20.7 Å². The lowest BCUT2D eigenvalue weighted by atomic mass is 10.2. The van der Waals surface area contributed by atoms with Crippen LogP contribution in [-0.2, 0) is 6.54 Å². The number of pyridine rings is 1. The first-order valence-electron chi connectivity index (χ1n) is 8.11. The molecular formula is C20H15FN4O. The molecule has 0 unspecified atom stereocenters. The highest BCUT2D eigenvalue weighted by atomic mass is 19.1. The summed E-state index contributed by atoms with van der Waals surface area (Å²) in [6.07, 6.45) is 3.21. The van der Waals surface area contributed by atoms with Gasteiger partial charge in [-0.15, -0.1) is 0 Å². The number of anilines is 1. The first-order chi connectivity index (χ1) is 12.7. The van der Waals surface area contributed by atoms with Crippen molar-refractivity contribution in [3.63, 3.8) is 0 Å². The van der Waals surface area contributed by atoms with Crippen molar-refractivity contribution in [3.05, 3.63) is 90.0 Å². The van der Waals surface area contributed by atoms with Crippen molar-refractivity contribution >= 4 is 22.6 Å². The van der Waals surface area contributed by atoms with E-state index in [9.17, 15) is 9.18 Å². The van der Waals surface area contributed by atoms with Crippen LogP contribution in [0.3, 0.4) is 0 Å². The van der Waals surface area contributed by atoms with Gasteiger partial charge in [0.25, 0.3) is 5.91 Å². The lowest BCUT2D eigenvalue weighted by Crippen LogP contribution is -2.12. The Bertz CT molecular complexity index is 1060. The summed E-state index contributed by atoms with van der Waals surface area (Å²) in [6, 6.07) is 17.3. The van der Waals surface area contributed by atoms with Gasteiger partial charge in [-0.2, -0.15) is 5.10 Å². The van der Waals surface area contributed by atoms with Gasteiger partial charge >= 0.3 is 0 Å². The largest absolute Gasteiger partial charge is 0.322 e. The van der Waals surface area contributed by atoms with Gasteiger partial charge in [0.05, 0.1) is 18.3 Å². The van der Waals surface area contributed by atoms with Crippen LogP contribution in [0.25, 0.3) is 11.0 Å². The Labute approximate surface area is 149 Å². The number of amides is 1. The third-order valence-corrected chi connectivity index (χ3v) is 4.02. The molecule has 2 heterocycles. The van der Waals surface area contributed by atoms with Gasteiger partial charge in [-0.05, 0) is 35.9 Å². The molecule has 0 aliphatic rings. The summed E-state index contributed by atoms with van der Waals surface area (Å²) < 4.78 is 14.7. The summed E-state index contributed by atoms with van der Waals surface area (Å²) in [5.74, 6) is -0.654. The first-order valence-corrected chi connectivity index (χ1v) is 8.11. The summed E-state index contributed by atoms with van der Waals surface area (Å²) in [7, 11) is 0. The molecule has 0 radical (unpaired) electrons. The first kappa shape index (κ1) is 16.0. The smallest absolute Gasteiger partial charge is 0.257 e. The summed E-state index contributed by atoms with van der Waals surface area (Å²) in [6.45, 7) is 0.610. The molecular weight excluding hydrogens is 331 g/mol. The predicted octanol–water partition coefficient (Wildman–Crippen LogP) is 3.87. The van der Waals surface area contributed by atoms with Gasteiger partial charge in [-0.1, -0.05) is 30.3 Å². The van der Waals surface area contributed by atoms with Gasteiger partial charge < -0.3 is 5.32 Å². The third-order valence-electron chi connectivity index (χ3n) is 4.02. The number of carbonyl (C=O) groups is 1. The van der Waals surface area contributed by atoms with Crippen LogP contribution in [0.1, 0.15) is 15.9 Å². The fraction of sp³-hybridized carbons (Fsp3) is 0.0500. The fourth-order valence-electron chi connectivity index (χ4n) is 2.70. The molecule has 26 heavy (non-hydrogen) atoms. The fourth-order valence-corrected chi connectivity index (χ4v) is 2.70. The van der Waals surface area contributed by atoms with Crippen molar-refractivity contribution in [2.24, 2.45) is 0 Å². The second-order valence-corrected chi connectivity index (χ2v) is 5.89. The van der Waals surface area contributed by atoms with Crippen LogP contribution in [0.15, 0.2) is 73.1 Å². The van der Waals surface area contributed by atoms with E-state index in [2.05, 4.69) is 15.4 Å². The summed E-state index contributed by atoms with van der Waals surface area (Å²) in [5.41, 5.74) is 2.78. The predicted molar refractivity (Wildman–Crippen MR) is 97.4 cm³/mol. The number of hydrogen-bond donors (Lipinski definition) is 1. The molecule has 6 heteroatoms. The average molecular weight is 346 g/mol. The zero-order valence-electron chi connectivity index (χ0n) is 13.8. The number of halogens is 1.